The van der Waals surface area contributed by atoms with Crippen LogP contribution in [0, 0.1) is 0 Å². The number of aromatic nitrogens is 3. The highest BCUT2D eigenvalue weighted by Gasteiger charge is 2.16. The van der Waals surface area contributed by atoms with E-state index < -0.39 is 0 Å². The molecule has 19 heavy (non-hydrogen) atoms. The maximum Gasteiger partial charge on any atom is 0.193 e. The molecule has 3 aromatic heterocycles. The normalized spacial score (nSPS) is 12.9. The van der Waals surface area contributed by atoms with E-state index in [1.807, 2.05) is 41.4 Å². The standard InChI is InChI=1S/C13H13ClN4S/c1-15-11(12-10(14)3-2-4-16-12)7-9-8-18-5-6-19-13(18)17-9/h2-6,8,11,15H,7H2,1H3. The molecule has 3 rings (SSSR count). The number of nitrogens with one attached hydrogen (secondary N) is 1. The van der Waals surface area contributed by atoms with Crippen molar-refractivity contribution in [3.63, 3.8) is 0 Å². The molecule has 3 heterocycles. The fourth-order valence-corrected chi connectivity index (χ4v) is 3.05. The maximum absolute atomic E-state index is 6.20. The van der Waals surface area contributed by atoms with Gasteiger partial charge in [0.1, 0.15) is 0 Å². The zero-order valence-electron chi connectivity index (χ0n) is 10.4. The van der Waals surface area contributed by atoms with Crippen LogP contribution in [0.25, 0.3) is 4.96 Å². The van der Waals surface area contributed by atoms with Crippen molar-refractivity contribution in [1.29, 1.82) is 0 Å². The Balaban J connectivity index is 1.87. The summed E-state index contributed by atoms with van der Waals surface area (Å²) in [6, 6.07) is 3.77. The summed E-state index contributed by atoms with van der Waals surface area (Å²) >= 11 is 7.83. The number of pyridine rings is 1. The maximum atomic E-state index is 6.20. The van der Waals surface area contributed by atoms with Gasteiger partial charge in [-0.25, -0.2) is 4.98 Å². The van der Waals surface area contributed by atoms with Crippen LogP contribution in [0.15, 0.2) is 36.1 Å². The first-order valence-electron chi connectivity index (χ1n) is 5.96. The molecular formula is C13H13ClN4S. The van der Waals surface area contributed by atoms with Crippen LogP contribution in [0.2, 0.25) is 5.02 Å². The monoisotopic (exact) mass is 292 g/mol. The van der Waals surface area contributed by atoms with Gasteiger partial charge in [0.05, 0.1) is 22.5 Å². The summed E-state index contributed by atoms with van der Waals surface area (Å²) in [7, 11) is 1.91. The Morgan fingerprint density at radius 3 is 3.16 bits per heavy atom. The lowest BCUT2D eigenvalue weighted by Crippen LogP contribution is -2.20. The molecule has 1 N–H and O–H groups in total. The van der Waals surface area contributed by atoms with Crippen molar-refractivity contribution in [2.45, 2.75) is 12.5 Å². The highest BCUT2D eigenvalue weighted by molar-refractivity contribution is 7.15. The van der Waals surface area contributed by atoms with Gasteiger partial charge in [-0.1, -0.05) is 11.6 Å². The van der Waals surface area contributed by atoms with Gasteiger partial charge in [-0.15, -0.1) is 11.3 Å². The van der Waals surface area contributed by atoms with E-state index in [-0.39, 0.29) is 6.04 Å². The van der Waals surface area contributed by atoms with Crippen LogP contribution in [0.3, 0.4) is 0 Å². The SMILES string of the molecule is CNC(Cc1cn2ccsc2n1)c1ncccc1Cl. The lowest BCUT2D eigenvalue weighted by atomic mass is 10.1. The Labute approximate surface area is 120 Å². The summed E-state index contributed by atoms with van der Waals surface area (Å²) in [5.41, 5.74) is 1.90. The third-order valence-electron chi connectivity index (χ3n) is 3.02. The average molecular weight is 293 g/mol. The second kappa shape index (κ2) is 5.28. The molecule has 0 aromatic carbocycles. The number of fused-ring (bicyclic) bond motifs is 1. The van der Waals surface area contributed by atoms with Gasteiger partial charge in [-0.2, -0.15) is 0 Å². The van der Waals surface area contributed by atoms with Crippen molar-refractivity contribution in [2.24, 2.45) is 0 Å². The number of imidazole rings is 1. The molecule has 0 radical (unpaired) electrons. The van der Waals surface area contributed by atoms with Gasteiger partial charge >= 0.3 is 0 Å². The minimum Gasteiger partial charge on any atom is -0.311 e. The van der Waals surface area contributed by atoms with Gasteiger partial charge in [0.2, 0.25) is 0 Å². The molecule has 1 atom stereocenters. The lowest BCUT2D eigenvalue weighted by molar-refractivity contribution is 0.570. The first-order valence-corrected chi connectivity index (χ1v) is 7.22. The molecule has 0 aliphatic rings. The molecule has 0 saturated heterocycles. The zero-order valence-corrected chi connectivity index (χ0v) is 11.9. The topological polar surface area (TPSA) is 42.2 Å². The number of halogens is 1. The van der Waals surface area contributed by atoms with Crippen molar-refractivity contribution in [3.8, 4) is 0 Å². The van der Waals surface area contributed by atoms with Crippen LogP contribution < -0.4 is 5.32 Å². The number of rotatable bonds is 4. The van der Waals surface area contributed by atoms with Gasteiger partial charge in [-0.3, -0.25) is 9.38 Å². The molecule has 4 nitrogen and oxygen atoms in total. The smallest absolute Gasteiger partial charge is 0.193 e. The minimum absolute atomic E-state index is 0.0679. The number of hydrogen-bond donors (Lipinski definition) is 1. The molecule has 98 valence electrons. The lowest BCUT2D eigenvalue weighted by Gasteiger charge is -2.15. The fraction of sp³-hybridized carbons (Fsp3) is 0.231. The van der Waals surface area contributed by atoms with Crippen molar-refractivity contribution in [3.05, 3.63) is 52.5 Å². The van der Waals surface area contributed by atoms with Gasteiger partial charge in [0, 0.05) is 30.4 Å². The Bertz CT molecular complexity index is 662. The van der Waals surface area contributed by atoms with E-state index in [0.717, 1.165) is 22.8 Å². The second-order valence-corrected chi connectivity index (χ2v) is 5.52. The predicted octanol–water partition coefficient (Wildman–Crippen LogP) is 2.95. The summed E-state index contributed by atoms with van der Waals surface area (Å²) < 4.78 is 2.03. The van der Waals surface area contributed by atoms with E-state index in [1.165, 1.54) is 0 Å². The van der Waals surface area contributed by atoms with E-state index in [4.69, 9.17) is 11.6 Å². The van der Waals surface area contributed by atoms with Crippen molar-refractivity contribution in [1.82, 2.24) is 19.7 Å². The van der Waals surface area contributed by atoms with Crippen LogP contribution in [-0.4, -0.2) is 21.4 Å². The summed E-state index contributed by atoms with van der Waals surface area (Å²) in [5.74, 6) is 0. The Morgan fingerprint density at radius 1 is 1.53 bits per heavy atom. The molecular weight excluding hydrogens is 280 g/mol. The van der Waals surface area contributed by atoms with Crippen LogP contribution in [0.4, 0.5) is 0 Å². The highest BCUT2D eigenvalue weighted by atomic mass is 35.5. The first kappa shape index (κ1) is 12.6. The highest BCUT2D eigenvalue weighted by Crippen LogP contribution is 2.23. The summed E-state index contributed by atoms with van der Waals surface area (Å²) in [5, 5.41) is 5.96. The fourth-order valence-electron chi connectivity index (χ4n) is 2.07. The molecule has 1 unspecified atom stereocenters. The summed E-state index contributed by atoms with van der Waals surface area (Å²) in [6.45, 7) is 0. The summed E-state index contributed by atoms with van der Waals surface area (Å²) in [6.07, 6.45) is 6.59. The molecule has 0 bridgehead atoms. The number of nitrogens with zero attached hydrogens (tertiary/aromatic N) is 3. The zero-order chi connectivity index (χ0) is 13.2. The van der Waals surface area contributed by atoms with E-state index >= 15 is 0 Å². The number of hydrogen-bond acceptors (Lipinski definition) is 4. The molecule has 0 fully saturated rings. The molecule has 0 spiro atoms. The second-order valence-electron chi connectivity index (χ2n) is 4.24. The molecule has 3 aromatic rings. The van der Waals surface area contributed by atoms with Crippen LogP contribution in [-0.2, 0) is 6.42 Å². The molecule has 0 amide bonds. The van der Waals surface area contributed by atoms with Crippen molar-refractivity contribution >= 4 is 27.9 Å². The van der Waals surface area contributed by atoms with Crippen molar-refractivity contribution < 1.29 is 0 Å². The van der Waals surface area contributed by atoms with E-state index in [0.29, 0.717) is 5.02 Å². The summed E-state index contributed by atoms with van der Waals surface area (Å²) in [4.78, 5) is 9.96. The number of thiazole rings is 1. The quantitative estimate of drug-likeness (QED) is 0.804. The molecule has 0 aliphatic carbocycles. The third-order valence-corrected chi connectivity index (χ3v) is 4.11. The van der Waals surface area contributed by atoms with Crippen LogP contribution >= 0.6 is 22.9 Å². The largest absolute Gasteiger partial charge is 0.311 e. The Hall–Kier alpha value is -1.43. The van der Waals surface area contributed by atoms with Crippen LogP contribution in [0.5, 0.6) is 0 Å². The first-order chi connectivity index (χ1) is 9.28. The van der Waals surface area contributed by atoms with E-state index in [1.54, 1.807) is 17.5 Å². The Kier molecular flexibility index (Phi) is 3.50. The number of likely N-dealkylation sites (N-methyl/N-ethyl adjacent to an activating group) is 1. The van der Waals surface area contributed by atoms with Gasteiger partial charge in [0.25, 0.3) is 0 Å². The van der Waals surface area contributed by atoms with E-state index in [9.17, 15) is 0 Å². The Morgan fingerprint density at radius 2 is 2.42 bits per heavy atom. The van der Waals surface area contributed by atoms with Crippen LogP contribution in [0.1, 0.15) is 17.4 Å². The molecule has 0 aliphatic heterocycles. The third kappa shape index (κ3) is 2.49. The minimum atomic E-state index is 0.0679. The average Bonchev–Trinajstić information content (AvgIpc) is 2.97. The predicted molar refractivity (Wildman–Crippen MR) is 77.8 cm³/mol. The molecule has 6 heteroatoms. The van der Waals surface area contributed by atoms with Gasteiger partial charge in [0.15, 0.2) is 4.96 Å². The van der Waals surface area contributed by atoms with Crippen molar-refractivity contribution in [2.75, 3.05) is 7.05 Å². The van der Waals surface area contributed by atoms with E-state index in [2.05, 4.69) is 15.3 Å². The molecule has 0 saturated carbocycles. The van der Waals surface area contributed by atoms with Gasteiger partial charge < -0.3 is 5.32 Å². The van der Waals surface area contributed by atoms with Gasteiger partial charge in [-0.05, 0) is 19.2 Å².